The molecule has 0 unspecified atom stereocenters. The number of carbonyl (C=O) groups excluding carboxylic acids is 1. The first-order valence-electron chi connectivity index (χ1n) is 8.99. The van der Waals surface area contributed by atoms with Crippen LogP contribution in [-0.4, -0.2) is 45.2 Å². The van der Waals surface area contributed by atoms with Gasteiger partial charge in [-0.1, -0.05) is 31.2 Å². The van der Waals surface area contributed by atoms with Gasteiger partial charge < -0.3 is 19.5 Å². The Morgan fingerprint density at radius 2 is 1.78 bits per heavy atom. The molecule has 0 aromatic heterocycles. The van der Waals surface area contributed by atoms with Crippen molar-refractivity contribution in [3.05, 3.63) is 48.0 Å². The summed E-state index contributed by atoms with van der Waals surface area (Å²) >= 11 is 0. The molecule has 0 heterocycles. The summed E-state index contributed by atoms with van der Waals surface area (Å²) in [7, 11) is 5.11. The van der Waals surface area contributed by atoms with Gasteiger partial charge in [0.05, 0.1) is 33.1 Å². The van der Waals surface area contributed by atoms with Gasteiger partial charge in [-0.25, -0.2) is 0 Å². The van der Waals surface area contributed by atoms with E-state index in [2.05, 4.69) is 5.32 Å². The molecule has 6 heteroatoms. The van der Waals surface area contributed by atoms with Gasteiger partial charge in [0.1, 0.15) is 5.75 Å². The lowest BCUT2D eigenvalue weighted by molar-refractivity contribution is -0.117. The molecule has 0 bridgehead atoms. The molecule has 146 valence electrons. The summed E-state index contributed by atoms with van der Waals surface area (Å²) in [5, 5.41) is 2.93. The third kappa shape index (κ3) is 5.89. The highest BCUT2D eigenvalue weighted by Crippen LogP contribution is 2.31. The number of carbonyl (C=O) groups is 1. The van der Waals surface area contributed by atoms with Crippen molar-refractivity contribution in [2.45, 2.75) is 19.9 Å². The van der Waals surface area contributed by atoms with Gasteiger partial charge in [-0.2, -0.15) is 0 Å². The number of ether oxygens (including phenoxy) is 3. The summed E-state index contributed by atoms with van der Waals surface area (Å²) in [5.74, 6) is 1.94. The Morgan fingerprint density at radius 1 is 1.04 bits per heavy atom. The molecule has 0 fully saturated rings. The van der Waals surface area contributed by atoms with Crippen molar-refractivity contribution in [2.24, 2.45) is 0 Å². The number of methoxy groups -OCH3 is 2. The normalized spacial score (nSPS) is 10.6. The van der Waals surface area contributed by atoms with Crippen LogP contribution in [0.15, 0.2) is 42.5 Å². The van der Waals surface area contributed by atoms with E-state index in [1.165, 1.54) is 0 Å². The van der Waals surface area contributed by atoms with Crippen molar-refractivity contribution in [1.29, 1.82) is 0 Å². The summed E-state index contributed by atoms with van der Waals surface area (Å²) in [6.45, 7) is 3.45. The van der Waals surface area contributed by atoms with Crippen LogP contribution in [0.2, 0.25) is 0 Å². The van der Waals surface area contributed by atoms with Gasteiger partial charge in [0.25, 0.3) is 0 Å². The van der Waals surface area contributed by atoms with E-state index in [1.54, 1.807) is 14.2 Å². The quantitative estimate of drug-likeness (QED) is 0.691. The molecule has 27 heavy (non-hydrogen) atoms. The van der Waals surface area contributed by atoms with E-state index < -0.39 is 0 Å². The topological polar surface area (TPSA) is 60.0 Å². The average Bonchev–Trinajstić information content (AvgIpc) is 2.66. The molecule has 0 saturated carbocycles. The highest BCUT2D eigenvalue weighted by molar-refractivity contribution is 5.93. The Morgan fingerprint density at radius 3 is 2.48 bits per heavy atom. The molecule has 0 aliphatic rings. The van der Waals surface area contributed by atoms with E-state index in [1.807, 2.05) is 61.3 Å². The number of nitrogens with one attached hydrogen (secondary N) is 1. The molecule has 0 aliphatic carbocycles. The average molecular weight is 372 g/mol. The molecule has 6 nitrogen and oxygen atoms in total. The van der Waals surface area contributed by atoms with Crippen LogP contribution in [0.5, 0.6) is 17.2 Å². The monoisotopic (exact) mass is 372 g/mol. The first-order valence-corrected chi connectivity index (χ1v) is 8.99. The van der Waals surface area contributed by atoms with Gasteiger partial charge in [-0.3, -0.25) is 9.69 Å². The molecule has 0 spiro atoms. The molecule has 0 aliphatic heterocycles. The largest absolute Gasteiger partial charge is 0.493 e. The molecule has 0 saturated heterocycles. The second-order valence-corrected chi connectivity index (χ2v) is 6.22. The van der Waals surface area contributed by atoms with Crippen LogP contribution in [0.25, 0.3) is 0 Å². The fourth-order valence-electron chi connectivity index (χ4n) is 2.77. The van der Waals surface area contributed by atoms with E-state index in [-0.39, 0.29) is 12.5 Å². The lowest BCUT2D eigenvalue weighted by Gasteiger charge is -2.19. The highest BCUT2D eigenvalue weighted by atomic mass is 16.5. The van der Waals surface area contributed by atoms with Crippen LogP contribution in [0.3, 0.4) is 0 Å². The highest BCUT2D eigenvalue weighted by Gasteiger charge is 2.14. The second kappa shape index (κ2) is 10.4. The number of hydrogen-bond donors (Lipinski definition) is 1. The zero-order chi connectivity index (χ0) is 19.6. The Hall–Kier alpha value is -2.73. The number of benzene rings is 2. The van der Waals surface area contributed by atoms with Crippen LogP contribution >= 0.6 is 0 Å². The van der Waals surface area contributed by atoms with Gasteiger partial charge >= 0.3 is 0 Å². The van der Waals surface area contributed by atoms with Crippen LogP contribution in [0, 0.1) is 0 Å². The van der Waals surface area contributed by atoms with E-state index in [4.69, 9.17) is 14.2 Å². The molecule has 2 aromatic carbocycles. The van der Waals surface area contributed by atoms with Crippen molar-refractivity contribution in [2.75, 3.05) is 39.7 Å². The minimum Gasteiger partial charge on any atom is -0.493 e. The van der Waals surface area contributed by atoms with E-state index in [9.17, 15) is 4.79 Å². The van der Waals surface area contributed by atoms with Gasteiger partial charge in [0, 0.05) is 12.1 Å². The number of amides is 1. The fourth-order valence-corrected chi connectivity index (χ4v) is 2.77. The summed E-state index contributed by atoms with van der Waals surface area (Å²) in [5.41, 5.74) is 1.64. The second-order valence-electron chi connectivity index (χ2n) is 6.22. The van der Waals surface area contributed by atoms with Crippen molar-refractivity contribution in [3.63, 3.8) is 0 Å². The van der Waals surface area contributed by atoms with E-state index in [0.717, 1.165) is 12.0 Å². The van der Waals surface area contributed by atoms with Gasteiger partial charge in [-0.05, 0) is 31.7 Å². The number of hydrogen-bond acceptors (Lipinski definition) is 5. The third-order valence-electron chi connectivity index (χ3n) is 3.96. The first kappa shape index (κ1) is 20.6. The Balaban J connectivity index is 1.99. The molecule has 1 N–H and O–H groups in total. The molecular weight excluding hydrogens is 344 g/mol. The summed E-state index contributed by atoms with van der Waals surface area (Å²) < 4.78 is 16.5. The summed E-state index contributed by atoms with van der Waals surface area (Å²) in [6, 6.07) is 13.2. The maximum Gasteiger partial charge on any atom is 0.238 e. The minimum absolute atomic E-state index is 0.105. The van der Waals surface area contributed by atoms with E-state index in [0.29, 0.717) is 36.1 Å². The van der Waals surface area contributed by atoms with Gasteiger partial charge in [-0.15, -0.1) is 0 Å². The van der Waals surface area contributed by atoms with Crippen LogP contribution in [-0.2, 0) is 11.3 Å². The van der Waals surface area contributed by atoms with Crippen LogP contribution in [0.4, 0.5) is 5.69 Å². The summed E-state index contributed by atoms with van der Waals surface area (Å²) in [6.07, 6.45) is 0.910. The molecule has 0 radical (unpaired) electrons. The molecule has 0 atom stereocenters. The summed E-state index contributed by atoms with van der Waals surface area (Å²) in [4.78, 5) is 14.4. The van der Waals surface area contributed by atoms with Crippen molar-refractivity contribution in [1.82, 2.24) is 4.90 Å². The molecule has 2 rings (SSSR count). The van der Waals surface area contributed by atoms with Crippen LogP contribution < -0.4 is 19.5 Å². The lowest BCUT2D eigenvalue weighted by Crippen LogP contribution is -2.30. The van der Waals surface area contributed by atoms with Crippen molar-refractivity contribution in [3.8, 4) is 17.2 Å². The standard InChI is InChI=1S/C21H28N2O4/c1-5-13-27-18-11-7-6-10-17(18)22-20(24)15-23(2)14-16-9-8-12-19(25-3)21(16)26-4/h6-12H,5,13-15H2,1-4H3,(H,22,24). The van der Waals surface area contributed by atoms with Gasteiger partial charge in [0.15, 0.2) is 11.5 Å². The predicted octanol–water partition coefficient (Wildman–Crippen LogP) is 3.56. The molecule has 1 amide bonds. The lowest BCUT2D eigenvalue weighted by atomic mass is 10.1. The Kier molecular flexibility index (Phi) is 7.95. The Labute approximate surface area is 161 Å². The zero-order valence-corrected chi connectivity index (χ0v) is 16.5. The number of anilines is 1. The zero-order valence-electron chi connectivity index (χ0n) is 16.5. The molecular formula is C21H28N2O4. The Bertz CT molecular complexity index is 749. The molecule has 2 aromatic rings. The maximum atomic E-state index is 12.5. The maximum absolute atomic E-state index is 12.5. The number of rotatable bonds is 10. The van der Waals surface area contributed by atoms with Crippen molar-refractivity contribution < 1.29 is 19.0 Å². The minimum atomic E-state index is -0.105. The predicted molar refractivity (Wildman–Crippen MR) is 107 cm³/mol. The number of para-hydroxylation sites is 3. The van der Waals surface area contributed by atoms with Crippen molar-refractivity contribution >= 4 is 11.6 Å². The third-order valence-corrected chi connectivity index (χ3v) is 3.96. The smallest absolute Gasteiger partial charge is 0.238 e. The number of likely N-dealkylation sites (N-methyl/N-ethyl adjacent to an activating group) is 1. The number of nitrogens with zero attached hydrogens (tertiary/aromatic N) is 1. The first-order chi connectivity index (χ1) is 13.1. The fraction of sp³-hybridized carbons (Fsp3) is 0.381. The van der Waals surface area contributed by atoms with E-state index >= 15 is 0 Å². The van der Waals surface area contributed by atoms with Crippen LogP contribution in [0.1, 0.15) is 18.9 Å². The van der Waals surface area contributed by atoms with Gasteiger partial charge in [0.2, 0.25) is 5.91 Å². The SMILES string of the molecule is CCCOc1ccccc1NC(=O)CN(C)Cc1cccc(OC)c1OC.